The van der Waals surface area contributed by atoms with Crippen LogP contribution < -0.4 is 15.4 Å². The van der Waals surface area contributed by atoms with Gasteiger partial charge in [0.25, 0.3) is 0 Å². The molecule has 3 aromatic rings. The van der Waals surface area contributed by atoms with Gasteiger partial charge in [0.2, 0.25) is 0 Å². The lowest BCUT2D eigenvalue weighted by molar-refractivity contribution is -0.869. The van der Waals surface area contributed by atoms with Crippen molar-refractivity contribution >= 4 is 6.03 Å². The Kier molecular flexibility index (Phi) is 7.72. The lowest BCUT2D eigenvalue weighted by Gasteiger charge is -2.42. The summed E-state index contributed by atoms with van der Waals surface area (Å²) in [5.74, 6) is -3.10. The average Bonchev–Trinajstić information content (AvgIpc) is 3.42. The Hall–Kier alpha value is -3.36. The molecule has 0 saturated carbocycles. The van der Waals surface area contributed by atoms with E-state index in [4.69, 9.17) is 4.74 Å². The number of piperidine rings is 1. The molecule has 1 atom stereocenters. The highest BCUT2D eigenvalue weighted by Gasteiger charge is 2.42. The fourth-order valence-corrected chi connectivity index (χ4v) is 5.67. The maximum Gasteiger partial charge on any atom is 0.418 e. The minimum absolute atomic E-state index is 0.00614. The first-order chi connectivity index (χ1) is 18.3. The van der Waals surface area contributed by atoms with E-state index in [9.17, 15) is 18.0 Å². The van der Waals surface area contributed by atoms with E-state index < -0.39 is 17.5 Å². The van der Waals surface area contributed by atoms with Crippen molar-refractivity contribution in [2.45, 2.75) is 51.2 Å². The molecule has 38 heavy (non-hydrogen) atoms. The van der Waals surface area contributed by atoms with Gasteiger partial charge in [-0.15, -0.1) is 0 Å². The van der Waals surface area contributed by atoms with E-state index in [2.05, 4.69) is 41.8 Å². The summed E-state index contributed by atoms with van der Waals surface area (Å²) in [4.78, 5) is 13.7. The SMILES string of the molecule is Cc1ccccc1C1CC[N+](Cc2ccc(Oc3cc(F)c(F)cc3F)cc2)(C(=O)N[C@@H]2CCCN2)CC1. The van der Waals surface area contributed by atoms with Gasteiger partial charge in [0, 0.05) is 30.5 Å². The Bertz CT molecular complexity index is 1280. The molecule has 2 aliphatic rings. The molecule has 2 fully saturated rings. The number of ether oxygens (including phenoxy) is 1. The summed E-state index contributed by atoms with van der Waals surface area (Å²) in [6.45, 7) is 4.99. The monoisotopic (exact) mass is 524 g/mol. The summed E-state index contributed by atoms with van der Waals surface area (Å²) in [5.41, 5.74) is 3.58. The zero-order valence-electron chi connectivity index (χ0n) is 21.5. The molecule has 5 rings (SSSR count). The molecule has 0 bridgehead atoms. The molecule has 2 amide bonds. The van der Waals surface area contributed by atoms with E-state index in [1.54, 1.807) is 12.1 Å². The van der Waals surface area contributed by atoms with Crippen LogP contribution in [0.2, 0.25) is 0 Å². The third-order valence-corrected chi connectivity index (χ3v) is 7.84. The Morgan fingerprint density at radius 3 is 2.37 bits per heavy atom. The Morgan fingerprint density at radius 2 is 1.68 bits per heavy atom. The number of urea groups is 1. The van der Waals surface area contributed by atoms with E-state index in [0.717, 1.165) is 50.9 Å². The van der Waals surface area contributed by atoms with Crippen LogP contribution in [0.15, 0.2) is 60.7 Å². The topological polar surface area (TPSA) is 50.4 Å². The highest BCUT2D eigenvalue weighted by atomic mass is 19.2. The zero-order valence-corrected chi connectivity index (χ0v) is 21.5. The van der Waals surface area contributed by atoms with Crippen molar-refractivity contribution in [3.05, 3.63) is 94.8 Å². The lowest BCUT2D eigenvalue weighted by Crippen LogP contribution is -2.62. The lowest BCUT2D eigenvalue weighted by atomic mass is 9.85. The van der Waals surface area contributed by atoms with Crippen molar-refractivity contribution in [2.24, 2.45) is 0 Å². The largest absolute Gasteiger partial charge is 0.454 e. The van der Waals surface area contributed by atoms with Crippen LogP contribution in [0.3, 0.4) is 0 Å². The van der Waals surface area contributed by atoms with Crippen LogP contribution in [0.25, 0.3) is 0 Å². The number of carbonyl (C=O) groups is 1. The van der Waals surface area contributed by atoms with Crippen molar-refractivity contribution in [3.8, 4) is 11.5 Å². The van der Waals surface area contributed by atoms with Gasteiger partial charge in [-0.1, -0.05) is 24.3 Å². The predicted octanol–water partition coefficient (Wildman–Crippen LogP) is 6.52. The minimum atomic E-state index is -1.27. The number of halogens is 3. The van der Waals surface area contributed by atoms with Crippen LogP contribution in [0, 0.1) is 24.4 Å². The molecule has 2 aliphatic heterocycles. The standard InChI is InChI=1S/C30H32F3N3O2/c1-20-5-2-3-6-24(20)22-12-15-36(16-13-22,30(37)35-29-7-4-14-34-29)19-21-8-10-23(11-9-21)38-28-18-26(32)25(31)17-27(28)33/h2-3,5-6,8-11,17-18,22,29,34H,4,7,12-16,19H2,1H3/p+1/t22?,29-,36?/m1/s1. The van der Waals surface area contributed by atoms with Crippen molar-refractivity contribution in [1.29, 1.82) is 0 Å². The molecule has 2 saturated heterocycles. The molecule has 3 aromatic carbocycles. The normalized spacial score (nSPS) is 23.3. The number of likely N-dealkylation sites (tertiary alicyclic amines) is 1. The van der Waals surface area contributed by atoms with E-state index >= 15 is 0 Å². The number of hydrogen-bond acceptors (Lipinski definition) is 3. The third-order valence-electron chi connectivity index (χ3n) is 7.84. The number of nitrogens with one attached hydrogen (secondary N) is 2. The fourth-order valence-electron chi connectivity index (χ4n) is 5.67. The number of carbonyl (C=O) groups excluding carboxylic acids is 1. The summed E-state index contributed by atoms with van der Waals surface area (Å²) < 4.78 is 46.5. The van der Waals surface area contributed by atoms with Gasteiger partial charge in [0.1, 0.15) is 12.3 Å². The molecular weight excluding hydrogens is 491 g/mol. The highest BCUT2D eigenvalue weighted by Crippen LogP contribution is 2.35. The molecule has 0 aliphatic carbocycles. The summed E-state index contributed by atoms with van der Waals surface area (Å²) in [7, 11) is 0. The third kappa shape index (κ3) is 5.71. The average molecular weight is 525 g/mol. The summed E-state index contributed by atoms with van der Waals surface area (Å²) in [5, 5.41) is 6.58. The van der Waals surface area contributed by atoms with Crippen LogP contribution >= 0.6 is 0 Å². The van der Waals surface area contributed by atoms with Crippen LogP contribution in [-0.2, 0) is 6.54 Å². The number of benzene rings is 3. The maximum atomic E-state index is 14.0. The van der Waals surface area contributed by atoms with Gasteiger partial charge in [-0.25, -0.2) is 22.4 Å². The van der Waals surface area contributed by atoms with Gasteiger partial charge in [-0.05, 0) is 67.6 Å². The molecule has 0 unspecified atom stereocenters. The quantitative estimate of drug-likeness (QED) is 0.285. The maximum absolute atomic E-state index is 14.0. The number of quaternary nitrogens is 1. The van der Waals surface area contributed by atoms with Gasteiger partial charge in [-0.3, -0.25) is 10.6 Å². The minimum Gasteiger partial charge on any atom is -0.454 e. The van der Waals surface area contributed by atoms with E-state index in [-0.39, 0.29) is 17.9 Å². The summed E-state index contributed by atoms with van der Waals surface area (Å²) >= 11 is 0. The Balaban J connectivity index is 1.32. The molecule has 0 spiro atoms. The van der Waals surface area contributed by atoms with Crippen LogP contribution in [0.5, 0.6) is 11.5 Å². The second-order valence-electron chi connectivity index (χ2n) is 10.4. The van der Waals surface area contributed by atoms with Crippen molar-refractivity contribution in [2.75, 3.05) is 19.6 Å². The smallest absolute Gasteiger partial charge is 0.418 e. The summed E-state index contributed by atoms with van der Waals surface area (Å²) in [6, 6.07) is 16.6. The first kappa shape index (κ1) is 26.3. The number of rotatable bonds is 6. The van der Waals surface area contributed by atoms with Gasteiger partial charge < -0.3 is 4.74 Å². The van der Waals surface area contributed by atoms with Crippen molar-refractivity contribution in [1.82, 2.24) is 10.6 Å². The van der Waals surface area contributed by atoms with Crippen LogP contribution in [-0.4, -0.2) is 36.3 Å². The second-order valence-corrected chi connectivity index (χ2v) is 10.4. The van der Waals surface area contributed by atoms with Crippen LogP contribution in [0.1, 0.15) is 48.3 Å². The first-order valence-corrected chi connectivity index (χ1v) is 13.2. The predicted molar refractivity (Wildman–Crippen MR) is 139 cm³/mol. The number of amides is 2. The fraction of sp³-hybridized carbons (Fsp3) is 0.367. The van der Waals surface area contributed by atoms with Gasteiger partial charge in [0.15, 0.2) is 23.2 Å². The van der Waals surface area contributed by atoms with E-state index in [0.29, 0.717) is 34.8 Å². The molecule has 5 nitrogen and oxygen atoms in total. The number of aryl methyl sites for hydroxylation is 1. The van der Waals surface area contributed by atoms with Crippen molar-refractivity contribution < 1.29 is 27.2 Å². The van der Waals surface area contributed by atoms with E-state index in [1.165, 1.54) is 11.1 Å². The molecule has 0 radical (unpaired) electrons. The molecule has 2 heterocycles. The number of nitrogens with zero attached hydrogens (tertiary/aromatic N) is 1. The summed E-state index contributed by atoms with van der Waals surface area (Å²) in [6.07, 6.45) is 3.78. The Labute approximate surface area is 221 Å². The number of hydrogen-bond donors (Lipinski definition) is 2. The van der Waals surface area contributed by atoms with E-state index in [1.807, 2.05) is 12.1 Å². The van der Waals surface area contributed by atoms with Gasteiger partial charge in [-0.2, -0.15) is 0 Å². The molecule has 200 valence electrons. The van der Waals surface area contributed by atoms with Gasteiger partial charge >= 0.3 is 6.03 Å². The molecule has 0 aromatic heterocycles. The van der Waals surface area contributed by atoms with Gasteiger partial charge in [0.05, 0.1) is 19.3 Å². The zero-order chi connectivity index (χ0) is 26.7. The van der Waals surface area contributed by atoms with Crippen molar-refractivity contribution in [3.63, 3.8) is 0 Å². The second kappa shape index (κ2) is 11.2. The first-order valence-electron chi connectivity index (χ1n) is 13.2. The molecule has 2 N–H and O–H groups in total. The molecule has 8 heteroatoms. The Morgan fingerprint density at radius 1 is 0.974 bits per heavy atom. The highest BCUT2D eigenvalue weighted by molar-refractivity contribution is 5.67. The van der Waals surface area contributed by atoms with Crippen LogP contribution in [0.4, 0.5) is 18.0 Å². The molecular formula is C30H33F3N3O2+.